The lowest BCUT2D eigenvalue weighted by Crippen LogP contribution is -2.39. The van der Waals surface area contributed by atoms with Crippen LogP contribution < -0.4 is 4.74 Å². The van der Waals surface area contributed by atoms with E-state index in [-0.39, 0.29) is 11.5 Å². The van der Waals surface area contributed by atoms with Crippen molar-refractivity contribution in [1.82, 2.24) is 4.90 Å². The summed E-state index contributed by atoms with van der Waals surface area (Å²) in [5, 5.41) is 9.60. The minimum absolute atomic E-state index is 0.180. The molecule has 1 aliphatic rings. The van der Waals surface area contributed by atoms with E-state index in [4.69, 9.17) is 4.74 Å². The average molecular weight is 258 g/mol. The Kier molecular flexibility index (Phi) is 4.11. The van der Waals surface area contributed by atoms with E-state index in [2.05, 4.69) is 18.0 Å². The van der Waals surface area contributed by atoms with Crippen LogP contribution in [0.5, 0.6) is 5.75 Å². The lowest BCUT2D eigenvalue weighted by atomic mass is 9.74. The molecule has 0 unspecified atom stereocenters. The van der Waals surface area contributed by atoms with Crippen LogP contribution in [0.2, 0.25) is 0 Å². The van der Waals surface area contributed by atoms with Crippen LogP contribution >= 0.6 is 0 Å². The Bertz CT molecular complexity index is 451. The molecule has 3 heteroatoms. The molecule has 1 heterocycles. The quantitative estimate of drug-likeness (QED) is 0.836. The Morgan fingerprint density at radius 1 is 1.21 bits per heavy atom. The van der Waals surface area contributed by atoms with Crippen LogP contribution in [-0.4, -0.2) is 31.1 Å². The molecule has 1 fully saturated rings. The summed E-state index contributed by atoms with van der Waals surface area (Å²) >= 11 is 0. The molecule has 1 aliphatic heterocycles. The predicted molar refractivity (Wildman–Crippen MR) is 76.2 cm³/mol. The number of rotatable bonds is 3. The molecule has 19 heavy (non-hydrogen) atoms. The molecular weight excluding hydrogens is 236 g/mol. The summed E-state index contributed by atoms with van der Waals surface area (Å²) in [6.45, 7) is 6.00. The smallest absolute Gasteiger partial charge is 0.119 e. The summed E-state index contributed by atoms with van der Waals surface area (Å²) in [6.07, 6.45) is 1.99. The Balaban J connectivity index is 2.18. The number of nitrogens with zero attached hydrogens (tertiary/aromatic N) is 2. The predicted octanol–water partition coefficient (Wildman–Crippen LogP) is 2.96. The van der Waals surface area contributed by atoms with Gasteiger partial charge in [-0.1, -0.05) is 12.1 Å². The lowest BCUT2D eigenvalue weighted by Gasteiger charge is -2.35. The summed E-state index contributed by atoms with van der Waals surface area (Å²) in [6, 6.07) is 10.6. The molecule has 0 bridgehead atoms. The normalized spacial score (nSPS) is 19.1. The van der Waals surface area contributed by atoms with E-state index in [1.165, 1.54) is 0 Å². The van der Waals surface area contributed by atoms with Crippen LogP contribution in [0.3, 0.4) is 0 Å². The number of benzene rings is 1. The zero-order valence-corrected chi connectivity index (χ0v) is 12.0. The van der Waals surface area contributed by atoms with Crippen LogP contribution in [0.1, 0.15) is 32.3 Å². The molecule has 0 spiro atoms. The minimum atomic E-state index is -0.317. The number of ether oxygens (including phenoxy) is 1. The van der Waals surface area contributed by atoms with Gasteiger partial charge < -0.3 is 9.64 Å². The highest BCUT2D eigenvalue weighted by Crippen LogP contribution is 2.35. The molecule has 1 saturated heterocycles. The maximum Gasteiger partial charge on any atom is 0.119 e. The Hall–Kier alpha value is -1.53. The molecule has 0 aliphatic carbocycles. The van der Waals surface area contributed by atoms with Crippen LogP contribution in [0, 0.1) is 11.3 Å². The Morgan fingerprint density at radius 2 is 1.79 bits per heavy atom. The fourth-order valence-electron chi connectivity index (χ4n) is 2.59. The fourth-order valence-corrected chi connectivity index (χ4v) is 2.59. The molecule has 0 radical (unpaired) electrons. The lowest BCUT2D eigenvalue weighted by molar-refractivity contribution is 0.221. The third kappa shape index (κ3) is 3.08. The van der Waals surface area contributed by atoms with Crippen molar-refractivity contribution in [3.05, 3.63) is 29.8 Å². The van der Waals surface area contributed by atoms with Gasteiger partial charge >= 0.3 is 0 Å². The van der Waals surface area contributed by atoms with Crippen LogP contribution in [-0.2, 0) is 5.41 Å². The highest BCUT2D eigenvalue weighted by molar-refractivity contribution is 5.37. The van der Waals surface area contributed by atoms with Gasteiger partial charge in [-0.25, -0.2) is 0 Å². The maximum absolute atomic E-state index is 9.60. The van der Waals surface area contributed by atoms with Crippen molar-refractivity contribution >= 4 is 0 Å². The van der Waals surface area contributed by atoms with Crippen molar-refractivity contribution in [2.24, 2.45) is 0 Å². The van der Waals surface area contributed by atoms with Crippen molar-refractivity contribution in [2.45, 2.75) is 38.2 Å². The van der Waals surface area contributed by atoms with Crippen LogP contribution in [0.15, 0.2) is 24.3 Å². The summed E-state index contributed by atoms with van der Waals surface area (Å²) in [4.78, 5) is 2.28. The largest absolute Gasteiger partial charge is 0.491 e. The van der Waals surface area contributed by atoms with Crippen molar-refractivity contribution in [2.75, 3.05) is 20.1 Å². The topological polar surface area (TPSA) is 36.3 Å². The van der Waals surface area contributed by atoms with Crippen molar-refractivity contribution in [1.29, 1.82) is 5.26 Å². The maximum atomic E-state index is 9.60. The van der Waals surface area contributed by atoms with Crippen LogP contribution in [0.4, 0.5) is 0 Å². The molecule has 0 aromatic heterocycles. The van der Waals surface area contributed by atoms with Gasteiger partial charge in [0, 0.05) is 0 Å². The standard InChI is InChI=1S/C16H22N2O/c1-13(2)19-15-6-4-14(5-7-15)16(12-17)8-10-18(3)11-9-16/h4-7,13H,8-11H2,1-3H3. The summed E-state index contributed by atoms with van der Waals surface area (Å²) in [5.41, 5.74) is 0.808. The van der Waals surface area contributed by atoms with Gasteiger partial charge in [0.25, 0.3) is 0 Å². The second kappa shape index (κ2) is 5.63. The highest BCUT2D eigenvalue weighted by Gasteiger charge is 2.35. The number of nitriles is 1. The van der Waals surface area contributed by atoms with E-state index in [0.29, 0.717) is 0 Å². The number of hydrogen-bond acceptors (Lipinski definition) is 3. The van der Waals surface area contributed by atoms with Gasteiger partial charge in [0.15, 0.2) is 0 Å². The molecule has 102 valence electrons. The molecule has 1 aromatic rings. The van der Waals surface area contributed by atoms with Gasteiger partial charge in [0.1, 0.15) is 5.75 Å². The van der Waals surface area contributed by atoms with E-state index in [1.54, 1.807) is 0 Å². The molecule has 0 N–H and O–H groups in total. The zero-order valence-electron chi connectivity index (χ0n) is 12.0. The van der Waals surface area contributed by atoms with Gasteiger partial charge in [-0.05, 0) is 64.5 Å². The molecule has 1 aromatic carbocycles. The average Bonchev–Trinajstić information content (AvgIpc) is 2.40. The fraction of sp³-hybridized carbons (Fsp3) is 0.562. The van der Waals surface area contributed by atoms with Gasteiger partial charge in [-0.15, -0.1) is 0 Å². The third-order valence-corrected chi connectivity index (χ3v) is 3.83. The molecular formula is C16H22N2O. The van der Waals surface area contributed by atoms with Crippen molar-refractivity contribution in [3.8, 4) is 11.8 Å². The zero-order chi connectivity index (χ0) is 13.9. The SMILES string of the molecule is CC(C)Oc1ccc(C2(C#N)CCN(C)CC2)cc1. The number of hydrogen-bond donors (Lipinski definition) is 0. The van der Waals surface area contributed by atoms with Gasteiger partial charge in [0.2, 0.25) is 0 Å². The van der Waals surface area contributed by atoms with Gasteiger partial charge in [-0.2, -0.15) is 5.26 Å². The molecule has 0 atom stereocenters. The van der Waals surface area contributed by atoms with Crippen LogP contribution in [0.25, 0.3) is 0 Å². The summed E-state index contributed by atoms with van der Waals surface area (Å²) in [7, 11) is 2.11. The first kappa shape index (κ1) is 13.9. The van der Waals surface area contributed by atoms with Crippen molar-refractivity contribution in [3.63, 3.8) is 0 Å². The van der Waals surface area contributed by atoms with E-state index in [1.807, 2.05) is 38.1 Å². The molecule has 0 amide bonds. The van der Waals surface area contributed by atoms with Gasteiger partial charge in [-0.3, -0.25) is 0 Å². The first-order valence-corrected chi connectivity index (χ1v) is 6.93. The molecule has 3 nitrogen and oxygen atoms in total. The van der Waals surface area contributed by atoms with E-state index in [9.17, 15) is 5.26 Å². The summed E-state index contributed by atoms with van der Waals surface area (Å²) in [5.74, 6) is 0.875. The molecule has 0 saturated carbocycles. The second-order valence-corrected chi connectivity index (χ2v) is 5.69. The first-order chi connectivity index (χ1) is 9.05. The minimum Gasteiger partial charge on any atom is -0.491 e. The van der Waals surface area contributed by atoms with Crippen molar-refractivity contribution < 1.29 is 4.74 Å². The Labute approximate surface area is 115 Å². The van der Waals surface area contributed by atoms with E-state index >= 15 is 0 Å². The Morgan fingerprint density at radius 3 is 2.26 bits per heavy atom. The highest BCUT2D eigenvalue weighted by atomic mass is 16.5. The number of likely N-dealkylation sites (tertiary alicyclic amines) is 1. The second-order valence-electron chi connectivity index (χ2n) is 5.69. The first-order valence-electron chi connectivity index (χ1n) is 6.93. The monoisotopic (exact) mass is 258 g/mol. The third-order valence-electron chi connectivity index (χ3n) is 3.83. The number of piperidine rings is 1. The molecule has 2 rings (SSSR count). The van der Waals surface area contributed by atoms with E-state index < -0.39 is 0 Å². The van der Waals surface area contributed by atoms with E-state index in [0.717, 1.165) is 37.2 Å². The summed E-state index contributed by atoms with van der Waals surface area (Å²) < 4.78 is 5.65. The van der Waals surface area contributed by atoms with Gasteiger partial charge in [0.05, 0.1) is 17.6 Å².